The zero-order valence-electron chi connectivity index (χ0n) is 12.5. The van der Waals surface area contributed by atoms with Gasteiger partial charge in [-0.3, -0.25) is 4.79 Å². The summed E-state index contributed by atoms with van der Waals surface area (Å²) in [4.78, 5) is 17.7. The molecule has 0 saturated heterocycles. The fourth-order valence-electron chi connectivity index (χ4n) is 2.55. The van der Waals surface area contributed by atoms with Crippen molar-refractivity contribution in [1.82, 2.24) is 0 Å². The van der Waals surface area contributed by atoms with Crippen molar-refractivity contribution in [2.24, 2.45) is 5.16 Å². The smallest absolute Gasteiger partial charge is 0.268 e. The summed E-state index contributed by atoms with van der Waals surface area (Å²) in [6.45, 7) is 0.197. The molecule has 6 nitrogen and oxygen atoms in total. The first kappa shape index (κ1) is 15.0. The van der Waals surface area contributed by atoms with Gasteiger partial charge in [-0.15, -0.1) is 0 Å². The van der Waals surface area contributed by atoms with E-state index in [1.165, 1.54) is 0 Å². The second-order valence-electron chi connectivity index (χ2n) is 5.40. The summed E-state index contributed by atoms with van der Waals surface area (Å²) in [5.41, 5.74) is 2.31. The normalized spacial score (nSPS) is 18.0. The number of carbonyl (C=O) groups excluding carboxylic acids is 1. The second kappa shape index (κ2) is 6.16. The van der Waals surface area contributed by atoms with Gasteiger partial charge >= 0.3 is 0 Å². The molecule has 2 aliphatic heterocycles. The van der Waals surface area contributed by atoms with Crippen LogP contribution in [-0.2, 0) is 9.63 Å². The molecule has 0 unspecified atom stereocenters. The van der Waals surface area contributed by atoms with E-state index in [1.807, 2.05) is 24.3 Å². The van der Waals surface area contributed by atoms with Crippen molar-refractivity contribution in [1.29, 1.82) is 0 Å². The van der Waals surface area contributed by atoms with Gasteiger partial charge in [0.1, 0.15) is 0 Å². The van der Waals surface area contributed by atoms with Crippen molar-refractivity contribution in [3.8, 4) is 11.5 Å². The highest BCUT2D eigenvalue weighted by Crippen LogP contribution is 2.34. The third-order valence-electron chi connectivity index (χ3n) is 3.76. The van der Waals surface area contributed by atoms with Crippen LogP contribution in [0.2, 0.25) is 0 Å². The lowest BCUT2D eigenvalue weighted by Crippen LogP contribution is -2.28. The minimum atomic E-state index is -0.649. The topological polar surface area (TPSA) is 69.2 Å². The molecule has 122 valence electrons. The molecular weight excluding hydrogens is 376 g/mol. The van der Waals surface area contributed by atoms with Crippen LogP contribution < -0.4 is 14.8 Å². The van der Waals surface area contributed by atoms with E-state index in [-0.39, 0.29) is 12.7 Å². The van der Waals surface area contributed by atoms with Gasteiger partial charge < -0.3 is 19.6 Å². The summed E-state index contributed by atoms with van der Waals surface area (Å²) in [7, 11) is 0. The minimum Gasteiger partial charge on any atom is -0.454 e. The molecule has 1 N–H and O–H groups in total. The molecule has 0 aliphatic carbocycles. The summed E-state index contributed by atoms with van der Waals surface area (Å²) >= 11 is 3.42. The van der Waals surface area contributed by atoms with Crippen LogP contribution in [0.4, 0.5) is 5.69 Å². The second-order valence-corrected chi connectivity index (χ2v) is 6.32. The molecule has 0 saturated carbocycles. The number of rotatable bonds is 3. The van der Waals surface area contributed by atoms with E-state index in [4.69, 9.17) is 14.3 Å². The fourth-order valence-corrected chi connectivity index (χ4v) is 2.95. The van der Waals surface area contributed by atoms with E-state index < -0.39 is 6.10 Å². The predicted molar refractivity (Wildman–Crippen MR) is 91.4 cm³/mol. The van der Waals surface area contributed by atoms with Gasteiger partial charge in [-0.25, -0.2) is 0 Å². The van der Waals surface area contributed by atoms with Gasteiger partial charge in [0.25, 0.3) is 5.91 Å². The minimum absolute atomic E-state index is 0.197. The summed E-state index contributed by atoms with van der Waals surface area (Å²) in [5, 5.41) is 6.85. The molecule has 4 rings (SSSR count). The maximum absolute atomic E-state index is 12.4. The fraction of sp³-hybridized carbons (Fsp3) is 0.176. The number of carbonyl (C=O) groups is 1. The highest BCUT2D eigenvalue weighted by atomic mass is 79.9. The molecule has 1 atom stereocenters. The van der Waals surface area contributed by atoms with Crippen molar-refractivity contribution in [3.05, 3.63) is 52.5 Å². The molecule has 0 aromatic heterocycles. The SMILES string of the molecule is O=C(Nc1ccc2c(c1)OCO2)[C@H]1CC(c2cccc(Br)c2)=NO1. The van der Waals surface area contributed by atoms with Crippen molar-refractivity contribution in [3.63, 3.8) is 0 Å². The van der Waals surface area contributed by atoms with E-state index in [2.05, 4.69) is 26.4 Å². The third kappa shape index (κ3) is 2.94. The molecule has 0 bridgehead atoms. The van der Waals surface area contributed by atoms with Gasteiger partial charge in [-0.05, 0) is 24.3 Å². The monoisotopic (exact) mass is 388 g/mol. The lowest BCUT2D eigenvalue weighted by Gasteiger charge is -2.10. The Kier molecular flexibility index (Phi) is 3.86. The quantitative estimate of drug-likeness (QED) is 0.875. The summed E-state index contributed by atoms with van der Waals surface area (Å²) in [6.07, 6.45) is -0.225. The number of anilines is 1. The average Bonchev–Trinajstić information content (AvgIpc) is 3.24. The van der Waals surface area contributed by atoms with E-state index in [0.717, 1.165) is 15.7 Å². The van der Waals surface area contributed by atoms with E-state index in [0.29, 0.717) is 23.6 Å². The molecule has 24 heavy (non-hydrogen) atoms. The van der Waals surface area contributed by atoms with Gasteiger partial charge in [0, 0.05) is 28.2 Å². The van der Waals surface area contributed by atoms with Crippen molar-refractivity contribution >= 4 is 33.2 Å². The standard InChI is InChI=1S/C17H13BrN2O4/c18-11-3-1-2-10(6-11)13-8-16(24-20-13)17(21)19-12-4-5-14-15(7-12)23-9-22-14/h1-7,16H,8-9H2,(H,19,21)/t16-/m1/s1. The van der Waals surface area contributed by atoms with Gasteiger partial charge in [-0.1, -0.05) is 33.2 Å². The Hall–Kier alpha value is -2.54. The average molecular weight is 389 g/mol. The number of nitrogens with zero attached hydrogens (tertiary/aromatic N) is 1. The number of benzene rings is 2. The number of amides is 1. The molecular formula is C17H13BrN2O4. The number of halogens is 1. The zero-order valence-corrected chi connectivity index (χ0v) is 14.1. The first-order valence-electron chi connectivity index (χ1n) is 7.38. The Morgan fingerprint density at radius 3 is 2.92 bits per heavy atom. The first-order valence-corrected chi connectivity index (χ1v) is 8.17. The molecule has 2 aromatic rings. The molecule has 0 spiro atoms. The van der Waals surface area contributed by atoms with Crippen LogP contribution in [0.5, 0.6) is 11.5 Å². The van der Waals surface area contributed by atoms with E-state index >= 15 is 0 Å². The van der Waals surface area contributed by atoms with Crippen LogP contribution in [0.15, 0.2) is 52.1 Å². The Morgan fingerprint density at radius 1 is 1.17 bits per heavy atom. The molecule has 2 aromatic carbocycles. The van der Waals surface area contributed by atoms with Gasteiger partial charge in [0.2, 0.25) is 12.9 Å². The van der Waals surface area contributed by atoms with Crippen LogP contribution in [0, 0.1) is 0 Å². The Balaban J connectivity index is 1.42. The zero-order chi connectivity index (χ0) is 16.5. The summed E-state index contributed by atoms with van der Waals surface area (Å²) < 4.78 is 11.5. The van der Waals surface area contributed by atoms with Gasteiger partial charge in [0.05, 0.1) is 5.71 Å². The molecule has 2 heterocycles. The van der Waals surface area contributed by atoms with E-state index in [9.17, 15) is 4.79 Å². The predicted octanol–water partition coefficient (Wildman–Crippen LogP) is 3.31. The largest absolute Gasteiger partial charge is 0.454 e. The molecule has 7 heteroatoms. The lowest BCUT2D eigenvalue weighted by molar-refractivity contribution is -0.125. The van der Waals surface area contributed by atoms with Crippen LogP contribution in [0.1, 0.15) is 12.0 Å². The number of hydrogen-bond donors (Lipinski definition) is 1. The lowest BCUT2D eigenvalue weighted by atomic mass is 10.0. The van der Waals surface area contributed by atoms with Gasteiger partial charge in [-0.2, -0.15) is 0 Å². The van der Waals surface area contributed by atoms with Crippen LogP contribution in [0.3, 0.4) is 0 Å². The van der Waals surface area contributed by atoms with Crippen LogP contribution in [-0.4, -0.2) is 24.5 Å². The number of nitrogens with one attached hydrogen (secondary N) is 1. The Bertz CT molecular complexity index is 837. The van der Waals surface area contributed by atoms with Crippen LogP contribution >= 0.6 is 15.9 Å². The number of hydrogen-bond acceptors (Lipinski definition) is 5. The van der Waals surface area contributed by atoms with Gasteiger partial charge in [0.15, 0.2) is 11.5 Å². The number of ether oxygens (including phenoxy) is 2. The first-order chi connectivity index (χ1) is 11.7. The van der Waals surface area contributed by atoms with E-state index in [1.54, 1.807) is 18.2 Å². The number of oxime groups is 1. The molecule has 2 aliphatic rings. The van der Waals surface area contributed by atoms with Crippen LogP contribution in [0.25, 0.3) is 0 Å². The third-order valence-corrected chi connectivity index (χ3v) is 4.25. The molecule has 0 fully saturated rings. The highest BCUT2D eigenvalue weighted by Gasteiger charge is 2.29. The summed E-state index contributed by atoms with van der Waals surface area (Å²) in [5.74, 6) is 1.04. The summed E-state index contributed by atoms with van der Waals surface area (Å²) in [6, 6.07) is 13.0. The molecule has 1 amide bonds. The Labute approximate surface area is 146 Å². The highest BCUT2D eigenvalue weighted by molar-refractivity contribution is 9.10. The molecule has 0 radical (unpaired) electrons. The number of fused-ring (bicyclic) bond motifs is 1. The Morgan fingerprint density at radius 2 is 2.04 bits per heavy atom. The van der Waals surface area contributed by atoms with Crippen molar-refractivity contribution in [2.75, 3.05) is 12.1 Å². The maximum atomic E-state index is 12.4. The van der Waals surface area contributed by atoms with Crippen molar-refractivity contribution in [2.45, 2.75) is 12.5 Å². The van der Waals surface area contributed by atoms with Crippen molar-refractivity contribution < 1.29 is 19.1 Å². The maximum Gasteiger partial charge on any atom is 0.268 e.